The van der Waals surface area contributed by atoms with Gasteiger partial charge in [0.1, 0.15) is 5.76 Å². The van der Waals surface area contributed by atoms with Crippen LogP contribution in [0.15, 0.2) is 66.2 Å². The van der Waals surface area contributed by atoms with Crippen LogP contribution in [0.4, 0.5) is 11.4 Å². The molecule has 0 spiro atoms. The van der Waals surface area contributed by atoms with E-state index in [9.17, 15) is 24.8 Å². The summed E-state index contributed by atoms with van der Waals surface area (Å²) >= 11 is 0. The van der Waals surface area contributed by atoms with Crippen molar-refractivity contribution in [3.05, 3.63) is 98.6 Å². The van der Waals surface area contributed by atoms with Crippen molar-refractivity contribution in [2.45, 2.75) is 26.8 Å². The van der Waals surface area contributed by atoms with Gasteiger partial charge >= 0.3 is 0 Å². The number of aliphatic hydroxyl groups excluding tert-OH is 1. The molecule has 1 amide bonds. The smallest absolute Gasteiger partial charge is 0.300 e. The highest BCUT2D eigenvalue weighted by molar-refractivity contribution is 6.51. The molecule has 190 valence electrons. The summed E-state index contributed by atoms with van der Waals surface area (Å²) in [6.45, 7) is 5.95. The number of non-ortho nitro benzene ring substituents is 1. The van der Waals surface area contributed by atoms with E-state index in [1.165, 1.54) is 36.3 Å². The van der Waals surface area contributed by atoms with Crippen LogP contribution in [0.5, 0.6) is 11.5 Å². The quantitative estimate of drug-likeness (QED) is 0.154. The van der Waals surface area contributed by atoms with Crippen LogP contribution in [-0.2, 0) is 9.59 Å². The number of aryl methyl sites for hydroxylation is 2. The van der Waals surface area contributed by atoms with Gasteiger partial charge in [-0.15, -0.1) is 0 Å². The summed E-state index contributed by atoms with van der Waals surface area (Å²) in [5.41, 5.74) is 2.68. The summed E-state index contributed by atoms with van der Waals surface area (Å²) < 4.78 is 11.1. The van der Waals surface area contributed by atoms with Gasteiger partial charge in [0.2, 0.25) is 0 Å². The number of aliphatic hydroxyl groups is 1. The van der Waals surface area contributed by atoms with Crippen LogP contribution in [0.1, 0.15) is 35.2 Å². The summed E-state index contributed by atoms with van der Waals surface area (Å²) in [7, 11) is 1.51. The number of rotatable bonds is 7. The zero-order valence-corrected chi connectivity index (χ0v) is 20.8. The number of ether oxygens (including phenoxy) is 2. The molecular formula is C28H26N2O7. The Balaban J connectivity index is 1.96. The van der Waals surface area contributed by atoms with Crippen molar-refractivity contribution in [2.75, 3.05) is 18.6 Å². The average molecular weight is 503 g/mol. The number of nitro benzene ring substituents is 1. The number of ketones is 1. The molecule has 0 aliphatic carbocycles. The Morgan fingerprint density at radius 1 is 1.03 bits per heavy atom. The number of carbonyl (C=O) groups excluding carboxylic acids is 2. The fraction of sp³-hybridized carbons (Fsp3) is 0.214. The van der Waals surface area contributed by atoms with Crippen LogP contribution in [0.3, 0.4) is 0 Å². The molecule has 0 radical (unpaired) electrons. The van der Waals surface area contributed by atoms with Crippen molar-refractivity contribution >= 4 is 28.8 Å². The molecule has 0 bridgehead atoms. The number of methoxy groups -OCH3 is 1. The van der Waals surface area contributed by atoms with Crippen LogP contribution in [0.25, 0.3) is 5.76 Å². The van der Waals surface area contributed by atoms with E-state index >= 15 is 0 Å². The number of Topliss-reactive ketones (excluding diaryl/α,β-unsaturated/α-hetero) is 1. The molecule has 4 rings (SSSR count). The van der Waals surface area contributed by atoms with E-state index in [4.69, 9.17) is 9.47 Å². The van der Waals surface area contributed by atoms with Crippen molar-refractivity contribution in [1.29, 1.82) is 0 Å². The van der Waals surface area contributed by atoms with Crippen LogP contribution < -0.4 is 14.4 Å². The van der Waals surface area contributed by atoms with Crippen molar-refractivity contribution in [3.8, 4) is 11.5 Å². The lowest BCUT2D eigenvalue weighted by atomic mass is 9.94. The third kappa shape index (κ3) is 4.63. The highest BCUT2D eigenvalue weighted by atomic mass is 16.6. The van der Waals surface area contributed by atoms with Crippen LogP contribution in [0.2, 0.25) is 0 Å². The Bertz CT molecular complexity index is 1430. The summed E-state index contributed by atoms with van der Waals surface area (Å²) in [6.07, 6.45) is 0. The SMILES string of the molecule is CCOc1cc(C2/C(=C(\O)c3ccc([N+](=O)[O-])cc3)C(=O)C(=O)N2c2ccc(C)cc2C)ccc1OC. The largest absolute Gasteiger partial charge is 0.507 e. The predicted octanol–water partition coefficient (Wildman–Crippen LogP) is 5.25. The zero-order chi connectivity index (χ0) is 26.9. The Hall–Kier alpha value is -4.66. The van der Waals surface area contributed by atoms with Gasteiger partial charge in [-0.05, 0) is 62.2 Å². The monoisotopic (exact) mass is 502 g/mol. The van der Waals surface area contributed by atoms with E-state index in [0.717, 1.165) is 11.1 Å². The third-order valence-electron chi connectivity index (χ3n) is 6.21. The maximum absolute atomic E-state index is 13.4. The maximum Gasteiger partial charge on any atom is 0.300 e. The van der Waals surface area contributed by atoms with Crippen molar-refractivity contribution in [3.63, 3.8) is 0 Å². The molecule has 1 saturated heterocycles. The Morgan fingerprint density at radius 2 is 1.73 bits per heavy atom. The summed E-state index contributed by atoms with van der Waals surface area (Å²) in [6, 6.07) is 14.7. The second kappa shape index (κ2) is 10.1. The van der Waals surface area contributed by atoms with Gasteiger partial charge < -0.3 is 14.6 Å². The lowest BCUT2D eigenvalue weighted by molar-refractivity contribution is -0.384. The number of carbonyl (C=O) groups is 2. The number of hydrogen-bond donors (Lipinski definition) is 1. The van der Waals surface area contributed by atoms with Gasteiger partial charge in [-0.3, -0.25) is 24.6 Å². The molecule has 37 heavy (non-hydrogen) atoms. The normalized spacial score (nSPS) is 16.6. The average Bonchev–Trinajstić information content (AvgIpc) is 3.14. The summed E-state index contributed by atoms with van der Waals surface area (Å²) in [5.74, 6) is -1.20. The van der Waals surface area contributed by atoms with Gasteiger partial charge in [-0.2, -0.15) is 0 Å². The first-order valence-electron chi connectivity index (χ1n) is 11.6. The van der Waals surface area contributed by atoms with Crippen molar-refractivity contribution < 1.29 is 29.1 Å². The second-order valence-electron chi connectivity index (χ2n) is 8.61. The Morgan fingerprint density at radius 3 is 2.32 bits per heavy atom. The predicted molar refractivity (Wildman–Crippen MR) is 138 cm³/mol. The third-order valence-corrected chi connectivity index (χ3v) is 6.21. The van der Waals surface area contributed by atoms with Gasteiger partial charge in [0.15, 0.2) is 11.5 Å². The number of benzene rings is 3. The molecule has 1 heterocycles. The van der Waals surface area contributed by atoms with E-state index in [2.05, 4.69) is 0 Å². The highest BCUT2D eigenvalue weighted by Gasteiger charge is 2.47. The minimum absolute atomic E-state index is 0.133. The van der Waals surface area contributed by atoms with Gasteiger partial charge in [0.05, 0.1) is 30.3 Å². The standard InChI is InChI=1S/C28H26N2O7/c1-5-37-23-15-19(9-13-22(23)36-4)25-24(26(31)18-7-10-20(11-8-18)30(34)35)27(32)28(33)29(25)21-12-6-16(2)14-17(21)3/h6-15,25,31H,5H2,1-4H3/b26-24+. The van der Waals surface area contributed by atoms with E-state index in [-0.39, 0.29) is 16.8 Å². The Labute approximate surface area is 213 Å². The van der Waals surface area contributed by atoms with E-state index in [0.29, 0.717) is 29.4 Å². The zero-order valence-electron chi connectivity index (χ0n) is 20.8. The fourth-order valence-electron chi connectivity index (χ4n) is 4.50. The lowest BCUT2D eigenvalue weighted by Crippen LogP contribution is -2.30. The molecule has 1 atom stereocenters. The number of hydrogen-bond acceptors (Lipinski definition) is 7. The highest BCUT2D eigenvalue weighted by Crippen LogP contribution is 2.45. The molecule has 3 aromatic carbocycles. The van der Waals surface area contributed by atoms with Gasteiger partial charge in [-0.1, -0.05) is 23.8 Å². The molecule has 0 saturated carbocycles. The van der Waals surface area contributed by atoms with Crippen molar-refractivity contribution in [2.24, 2.45) is 0 Å². The molecular weight excluding hydrogens is 476 g/mol. The van der Waals surface area contributed by atoms with E-state index in [1.54, 1.807) is 24.3 Å². The summed E-state index contributed by atoms with van der Waals surface area (Å²) in [5, 5.41) is 22.3. The van der Waals surface area contributed by atoms with Gasteiger partial charge in [-0.25, -0.2) is 0 Å². The lowest BCUT2D eigenvalue weighted by Gasteiger charge is -2.27. The molecule has 9 nitrogen and oxygen atoms in total. The minimum Gasteiger partial charge on any atom is -0.507 e. The molecule has 9 heteroatoms. The van der Waals surface area contributed by atoms with Gasteiger partial charge in [0, 0.05) is 23.4 Å². The topological polar surface area (TPSA) is 119 Å². The first kappa shape index (κ1) is 25.4. The molecule has 1 unspecified atom stereocenters. The van der Waals surface area contributed by atoms with Gasteiger partial charge in [0.25, 0.3) is 17.4 Å². The number of nitro groups is 1. The fourth-order valence-corrected chi connectivity index (χ4v) is 4.50. The van der Waals surface area contributed by atoms with E-state index < -0.39 is 28.4 Å². The first-order valence-corrected chi connectivity index (χ1v) is 11.6. The first-order chi connectivity index (χ1) is 17.7. The molecule has 0 aromatic heterocycles. The number of nitrogens with zero attached hydrogens (tertiary/aromatic N) is 2. The Kier molecular flexibility index (Phi) is 6.97. The van der Waals surface area contributed by atoms with E-state index in [1.807, 2.05) is 32.9 Å². The number of anilines is 1. The molecule has 1 aliphatic heterocycles. The maximum atomic E-state index is 13.4. The summed E-state index contributed by atoms with van der Waals surface area (Å²) in [4.78, 5) is 38.7. The van der Waals surface area contributed by atoms with Crippen molar-refractivity contribution in [1.82, 2.24) is 0 Å². The second-order valence-corrected chi connectivity index (χ2v) is 8.61. The molecule has 1 N–H and O–H groups in total. The minimum atomic E-state index is -0.985. The molecule has 1 aliphatic rings. The van der Waals surface area contributed by atoms with Crippen LogP contribution in [0, 0.1) is 24.0 Å². The molecule has 3 aromatic rings. The van der Waals surface area contributed by atoms with Crippen LogP contribution >= 0.6 is 0 Å². The molecule has 1 fully saturated rings. The van der Waals surface area contributed by atoms with Crippen LogP contribution in [-0.4, -0.2) is 35.4 Å². The number of amides is 1.